The number of carbonyl (C=O) groups is 2. The molecule has 0 bridgehead atoms. The van der Waals surface area contributed by atoms with Gasteiger partial charge in [0, 0.05) is 18.7 Å². The van der Waals surface area contributed by atoms with Crippen molar-refractivity contribution in [3.8, 4) is 5.75 Å². The van der Waals surface area contributed by atoms with Crippen molar-refractivity contribution in [3.05, 3.63) is 95.3 Å². The Labute approximate surface area is 223 Å². The lowest BCUT2D eigenvalue weighted by Crippen LogP contribution is -2.55. The maximum absolute atomic E-state index is 13.4. The molecule has 0 unspecified atom stereocenters. The Morgan fingerprint density at radius 2 is 1.74 bits per heavy atom. The lowest BCUT2D eigenvalue weighted by molar-refractivity contribution is -0.131. The molecular weight excluding hydrogens is 483 g/mol. The topological polar surface area (TPSA) is 78.9 Å². The summed E-state index contributed by atoms with van der Waals surface area (Å²) in [5.74, 6) is 0.127. The van der Waals surface area contributed by atoms with Crippen molar-refractivity contribution in [3.63, 3.8) is 0 Å². The van der Waals surface area contributed by atoms with Gasteiger partial charge in [-0.3, -0.25) is 9.59 Å². The number of anilines is 1. The first kappa shape index (κ1) is 27.3. The number of β-lactam (4-membered cyclic amide) rings is 1. The number of benzene rings is 3. The van der Waals surface area contributed by atoms with E-state index in [1.165, 1.54) is 12.1 Å². The number of ether oxygens (including phenoxy) is 1. The summed E-state index contributed by atoms with van der Waals surface area (Å²) < 4.78 is 18.6. The number of aliphatic hydroxyl groups is 1. The number of unbranched alkanes of at least 4 members (excludes halogenated alkanes) is 1. The largest absolute Gasteiger partial charge is 0.497 e. The second-order valence-electron chi connectivity index (χ2n) is 9.72. The van der Waals surface area contributed by atoms with E-state index >= 15 is 0 Å². The van der Waals surface area contributed by atoms with Gasteiger partial charge < -0.3 is 20.1 Å². The molecule has 200 valence electrons. The van der Waals surface area contributed by atoms with Crippen LogP contribution in [-0.2, 0) is 16.1 Å². The van der Waals surface area contributed by atoms with Crippen LogP contribution < -0.4 is 15.0 Å². The molecule has 3 aromatic carbocycles. The zero-order valence-corrected chi connectivity index (χ0v) is 21.9. The first-order valence-electron chi connectivity index (χ1n) is 13.2. The minimum absolute atomic E-state index is 0.00209. The quantitative estimate of drug-likeness (QED) is 0.295. The maximum atomic E-state index is 13.4. The van der Waals surface area contributed by atoms with Crippen LogP contribution in [0.3, 0.4) is 0 Å². The number of rotatable bonds is 12. The molecule has 0 aliphatic carbocycles. The molecular formula is C31H35FN2O4. The fraction of sp³-hybridized carbons (Fsp3) is 0.355. The van der Waals surface area contributed by atoms with E-state index < -0.39 is 6.10 Å². The highest BCUT2D eigenvalue weighted by molar-refractivity contribution is 6.03. The molecule has 3 aromatic rings. The van der Waals surface area contributed by atoms with E-state index in [1.807, 2.05) is 48.5 Å². The van der Waals surface area contributed by atoms with Crippen molar-refractivity contribution in [1.29, 1.82) is 0 Å². The lowest BCUT2D eigenvalue weighted by atomic mass is 9.78. The van der Waals surface area contributed by atoms with Crippen molar-refractivity contribution in [2.75, 3.05) is 12.0 Å². The number of hydrogen-bond acceptors (Lipinski definition) is 4. The SMILES string of the molecule is CCCCC(=O)NCc1ccc(N2C(=O)[C@H](CC[C@H](O)c3ccc(F)cc3)[C@H]2c2ccc(OC)cc2)cc1. The van der Waals surface area contributed by atoms with Crippen LogP contribution in [0.5, 0.6) is 5.75 Å². The third kappa shape index (κ3) is 6.40. The minimum Gasteiger partial charge on any atom is -0.497 e. The van der Waals surface area contributed by atoms with E-state index in [0.29, 0.717) is 31.4 Å². The smallest absolute Gasteiger partial charge is 0.233 e. The van der Waals surface area contributed by atoms with Crippen LogP contribution in [0.2, 0.25) is 0 Å². The summed E-state index contributed by atoms with van der Waals surface area (Å²) >= 11 is 0. The molecule has 1 aliphatic heterocycles. The van der Waals surface area contributed by atoms with Gasteiger partial charge in [0.05, 0.1) is 25.2 Å². The van der Waals surface area contributed by atoms with E-state index in [0.717, 1.165) is 35.4 Å². The van der Waals surface area contributed by atoms with Crippen molar-refractivity contribution in [2.24, 2.45) is 5.92 Å². The molecule has 2 N–H and O–H groups in total. The second kappa shape index (κ2) is 12.7. The normalized spacial score (nSPS) is 17.6. The van der Waals surface area contributed by atoms with E-state index in [9.17, 15) is 19.1 Å². The first-order valence-corrected chi connectivity index (χ1v) is 13.2. The minimum atomic E-state index is -0.777. The molecule has 0 saturated carbocycles. The fourth-order valence-corrected chi connectivity index (χ4v) is 4.89. The standard InChI is InChI=1S/C31H35FN2O4/c1-3-4-5-29(36)33-20-21-6-14-25(15-7-21)34-30(23-10-16-26(38-2)17-11-23)27(31(34)37)18-19-28(35)22-8-12-24(32)13-9-22/h6-17,27-28,30,35H,3-5,18-20H2,1-2H3,(H,33,36)/t27-,28+,30-/m1/s1. The summed E-state index contributed by atoms with van der Waals surface area (Å²) in [6.07, 6.45) is 2.48. The zero-order chi connectivity index (χ0) is 27.1. The molecule has 4 rings (SSSR count). The van der Waals surface area contributed by atoms with Gasteiger partial charge >= 0.3 is 0 Å². The molecule has 38 heavy (non-hydrogen) atoms. The van der Waals surface area contributed by atoms with Crippen LogP contribution in [0, 0.1) is 11.7 Å². The number of halogens is 1. The Morgan fingerprint density at radius 3 is 2.37 bits per heavy atom. The predicted molar refractivity (Wildman–Crippen MR) is 145 cm³/mol. The van der Waals surface area contributed by atoms with Crippen molar-refractivity contribution < 1.29 is 23.8 Å². The summed E-state index contributed by atoms with van der Waals surface area (Å²) in [6, 6.07) is 21.0. The Bertz CT molecular complexity index is 1210. The van der Waals surface area contributed by atoms with Crippen LogP contribution in [0.4, 0.5) is 10.1 Å². The van der Waals surface area contributed by atoms with E-state index in [2.05, 4.69) is 12.2 Å². The Hall–Kier alpha value is -3.71. The molecule has 1 saturated heterocycles. The van der Waals surface area contributed by atoms with Crippen molar-refractivity contribution in [1.82, 2.24) is 5.32 Å². The summed E-state index contributed by atoms with van der Waals surface area (Å²) in [4.78, 5) is 27.1. The molecule has 0 spiro atoms. The van der Waals surface area contributed by atoms with Gasteiger partial charge in [-0.25, -0.2) is 4.39 Å². The second-order valence-corrected chi connectivity index (χ2v) is 9.72. The van der Waals surface area contributed by atoms with Gasteiger partial charge in [0.25, 0.3) is 0 Å². The summed E-state index contributed by atoms with van der Waals surface area (Å²) in [7, 11) is 1.61. The van der Waals surface area contributed by atoms with Crippen LogP contribution in [-0.4, -0.2) is 24.0 Å². The van der Waals surface area contributed by atoms with Crippen LogP contribution in [0.15, 0.2) is 72.8 Å². The Kier molecular flexibility index (Phi) is 9.13. The summed E-state index contributed by atoms with van der Waals surface area (Å²) in [5.41, 5.74) is 3.37. The number of aliphatic hydroxyl groups excluding tert-OH is 1. The number of nitrogens with zero attached hydrogens (tertiary/aromatic N) is 1. The van der Waals surface area contributed by atoms with Gasteiger partial charge in [0.1, 0.15) is 11.6 Å². The number of carbonyl (C=O) groups excluding carboxylic acids is 2. The van der Waals surface area contributed by atoms with Gasteiger partial charge in [-0.2, -0.15) is 0 Å². The first-order chi connectivity index (χ1) is 18.4. The van der Waals surface area contributed by atoms with Gasteiger partial charge in [0.2, 0.25) is 11.8 Å². The molecule has 1 fully saturated rings. The highest BCUT2D eigenvalue weighted by Gasteiger charge is 2.48. The number of hydrogen-bond donors (Lipinski definition) is 2. The molecule has 0 aromatic heterocycles. The van der Waals surface area contributed by atoms with Gasteiger partial charge in [-0.05, 0) is 72.4 Å². The number of nitrogens with one attached hydrogen (secondary N) is 1. The third-order valence-electron chi connectivity index (χ3n) is 7.14. The average molecular weight is 519 g/mol. The van der Waals surface area contributed by atoms with Crippen LogP contribution in [0.25, 0.3) is 0 Å². The van der Waals surface area contributed by atoms with Crippen LogP contribution in [0.1, 0.15) is 67.9 Å². The highest BCUT2D eigenvalue weighted by Crippen LogP contribution is 2.46. The van der Waals surface area contributed by atoms with Crippen molar-refractivity contribution >= 4 is 17.5 Å². The monoisotopic (exact) mass is 518 g/mol. The van der Waals surface area contributed by atoms with E-state index in [4.69, 9.17) is 4.74 Å². The number of amides is 2. The highest BCUT2D eigenvalue weighted by atomic mass is 19.1. The molecule has 1 aliphatic rings. The van der Waals surface area contributed by atoms with Crippen molar-refractivity contribution in [2.45, 2.75) is 57.7 Å². The fourth-order valence-electron chi connectivity index (χ4n) is 4.89. The summed E-state index contributed by atoms with van der Waals surface area (Å²) in [5, 5.41) is 13.6. The third-order valence-corrected chi connectivity index (χ3v) is 7.14. The van der Waals surface area contributed by atoms with Gasteiger partial charge in [-0.15, -0.1) is 0 Å². The van der Waals surface area contributed by atoms with Gasteiger partial charge in [-0.1, -0.05) is 49.7 Å². The Morgan fingerprint density at radius 1 is 1.05 bits per heavy atom. The molecule has 6 nitrogen and oxygen atoms in total. The molecule has 7 heteroatoms. The molecule has 0 radical (unpaired) electrons. The Balaban J connectivity index is 1.47. The average Bonchev–Trinajstić information content (AvgIpc) is 2.94. The molecule has 1 heterocycles. The number of methoxy groups -OCH3 is 1. The van der Waals surface area contributed by atoms with E-state index in [1.54, 1.807) is 24.1 Å². The predicted octanol–water partition coefficient (Wildman–Crippen LogP) is 5.86. The lowest BCUT2D eigenvalue weighted by Gasteiger charge is -2.48. The maximum Gasteiger partial charge on any atom is 0.233 e. The van der Waals surface area contributed by atoms with E-state index in [-0.39, 0.29) is 29.6 Å². The van der Waals surface area contributed by atoms with Gasteiger partial charge in [0.15, 0.2) is 0 Å². The summed E-state index contributed by atoms with van der Waals surface area (Å²) in [6.45, 7) is 2.50. The zero-order valence-electron chi connectivity index (χ0n) is 21.9. The van der Waals surface area contributed by atoms with Crippen LogP contribution >= 0.6 is 0 Å². The molecule has 2 amide bonds. The molecule has 3 atom stereocenters.